The van der Waals surface area contributed by atoms with Gasteiger partial charge in [-0.1, -0.05) is 39.1 Å². The Kier molecular flexibility index (Phi) is 4.63. The molecule has 0 N–H and O–H groups in total. The maximum Gasteiger partial charge on any atom is 0.129 e. The van der Waals surface area contributed by atoms with Crippen molar-refractivity contribution in [3.05, 3.63) is 57.1 Å². The van der Waals surface area contributed by atoms with E-state index in [2.05, 4.69) is 15.9 Å². The summed E-state index contributed by atoms with van der Waals surface area (Å²) in [5.74, 6) is 1.72. The largest absolute Gasteiger partial charge is 0.493 e. The molecule has 0 aliphatic carbocycles. The third-order valence-electron chi connectivity index (χ3n) is 3.38. The quantitative estimate of drug-likeness (QED) is 0.653. The molecule has 2 aromatic carbocycles. The fourth-order valence-electron chi connectivity index (χ4n) is 2.40. The summed E-state index contributed by atoms with van der Waals surface area (Å²) in [7, 11) is 0. The number of fused-ring (bicyclic) bond motifs is 1. The number of alkyl halides is 1. The summed E-state index contributed by atoms with van der Waals surface area (Å²) in [4.78, 5) is 0. The molecular weight excluding hydrogens is 375 g/mol. The Labute approximate surface area is 142 Å². The first-order valence-corrected chi connectivity index (χ1v) is 8.46. The van der Waals surface area contributed by atoms with Gasteiger partial charge in [-0.05, 0) is 35.9 Å². The molecule has 0 aromatic heterocycles. The highest BCUT2D eigenvalue weighted by atomic mass is 79.9. The van der Waals surface area contributed by atoms with Crippen LogP contribution in [-0.4, -0.2) is 6.61 Å². The second-order valence-corrected chi connectivity index (χ2v) is 6.26. The van der Waals surface area contributed by atoms with Gasteiger partial charge in [-0.2, -0.15) is 0 Å². The predicted octanol–water partition coefficient (Wildman–Crippen LogP) is 5.40. The molecule has 0 atom stereocenters. The molecule has 1 heterocycles. The van der Waals surface area contributed by atoms with Crippen LogP contribution in [0.15, 0.2) is 30.3 Å². The molecule has 0 saturated carbocycles. The van der Waals surface area contributed by atoms with E-state index in [1.54, 1.807) is 0 Å². The number of rotatable bonds is 4. The Morgan fingerprint density at radius 1 is 1.10 bits per heavy atom. The molecule has 2 aromatic rings. The number of ether oxygens (including phenoxy) is 2. The van der Waals surface area contributed by atoms with Crippen LogP contribution in [0.3, 0.4) is 0 Å². The van der Waals surface area contributed by atoms with Gasteiger partial charge in [0.15, 0.2) is 0 Å². The summed E-state index contributed by atoms with van der Waals surface area (Å²) >= 11 is 15.6. The lowest BCUT2D eigenvalue weighted by molar-refractivity contribution is 0.290. The molecule has 0 bridgehead atoms. The van der Waals surface area contributed by atoms with Gasteiger partial charge in [0.2, 0.25) is 0 Å². The molecule has 110 valence electrons. The fraction of sp³-hybridized carbons (Fsp3) is 0.250. The van der Waals surface area contributed by atoms with Gasteiger partial charge in [0.25, 0.3) is 0 Å². The molecule has 2 nitrogen and oxygen atoms in total. The van der Waals surface area contributed by atoms with Crippen molar-refractivity contribution in [1.29, 1.82) is 0 Å². The average molecular weight is 388 g/mol. The lowest BCUT2D eigenvalue weighted by atomic mass is 10.1. The number of benzene rings is 2. The molecule has 3 rings (SSSR count). The van der Waals surface area contributed by atoms with Crippen LogP contribution in [0.5, 0.6) is 11.5 Å². The normalized spacial score (nSPS) is 12.9. The Morgan fingerprint density at radius 2 is 1.90 bits per heavy atom. The van der Waals surface area contributed by atoms with Crippen molar-refractivity contribution < 1.29 is 9.47 Å². The second kappa shape index (κ2) is 6.47. The standard InChI is InChI=1S/C16H13BrCl2O2/c17-8-11-6-13(18)1-2-15(11)21-9-12-7-14(19)5-10-3-4-20-16(10)12/h1-2,5-7H,3-4,8-9H2. The molecule has 21 heavy (non-hydrogen) atoms. The van der Waals surface area contributed by atoms with Crippen LogP contribution in [0, 0.1) is 0 Å². The maximum atomic E-state index is 6.15. The molecule has 0 spiro atoms. The van der Waals surface area contributed by atoms with Crippen molar-refractivity contribution in [2.45, 2.75) is 18.4 Å². The highest BCUT2D eigenvalue weighted by Gasteiger charge is 2.18. The first-order valence-electron chi connectivity index (χ1n) is 6.58. The van der Waals surface area contributed by atoms with E-state index >= 15 is 0 Å². The van der Waals surface area contributed by atoms with Crippen molar-refractivity contribution in [2.75, 3.05) is 6.61 Å². The summed E-state index contributed by atoms with van der Waals surface area (Å²) < 4.78 is 11.6. The smallest absolute Gasteiger partial charge is 0.129 e. The zero-order valence-electron chi connectivity index (χ0n) is 11.2. The van der Waals surface area contributed by atoms with Gasteiger partial charge >= 0.3 is 0 Å². The molecule has 0 unspecified atom stereocenters. The van der Waals surface area contributed by atoms with Crippen LogP contribution in [0.1, 0.15) is 16.7 Å². The van der Waals surface area contributed by atoms with E-state index < -0.39 is 0 Å². The van der Waals surface area contributed by atoms with Crippen LogP contribution < -0.4 is 9.47 Å². The predicted molar refractivity (Wildman–Crippen MR) is 89.1 cm³/mol. The van der Waals surface area contributed by atoms with Gasteiger partial charge in [0.1, 0.15) is 18.1 Å². The van der Waals surface area contributed by atoms with Gasteiger partial charge in [-0.15, -0.1) is 0 Å². The van der Waals surface area contributed by atoms with Gasteiger partial charge < -0.3 is 9.47 Å². The van der Waals surface area contributed by atoms with Crippen LogP contribution in [0.4, 0.5) is 0 Å². The van der Waals surface area contributed by atoms with Gasteiger partial charge in [0, 0.05) is 32.9 Å². The van der Waals surface area contributed by atoms with Crippen molar-refractivity contribution in [3.63, 3.8) is 0 Å². The minimum absolute atomic E-state index is 0.421. The van der Waals surface area contributed by atoms with Gasteiger partial charge in [-0.3, -0.25) is 0 Å². The van der Waals surface area contributed by atoms with Crippen LogP contribution >= 0.6 is 39.1 Å². The number of hydrogen-bond donors (Lipinski definition) is 0. The minimum atomic E-state index is 0.421. The SMILES string of the molecule is Clc1ccc(OCc2cc(Cl)cc3c2OCC3)c(CBr)c1. The average Bonchev–Trinajstić information content (AvgIpc) is 2.93. The molecule has 0 amide bonds. The third-order valence-corrected chi connectivity index (χ3v) is 4.43. The summed E-state index contributed by atoms with van der Waals surface area (Å²) in [6, 6.07) is 9.45. The second-order valence-electron chi connectivity index (χ2n) is 4.83. The van der Waals surface area contributed by atoms with Crippen molar-refractivity contribution in [3.8, 4) is 11.5 Å². The molecule has 5 heteroatoms. The highest BCUT2D eigenvalue weighted by Crippen LogP contribution is 2.34. The fourth-order valence-corrected chi connectivity index (χ4v) is 3.30. The topological polar surface area (TPSA) is 18.5 Å². The van der Waals surface area contributed by atoms with Gasteiger partial charge in [-0.25, -0.2) is 0 Å². The molecule has 1 aliphatic heterocycles. The van der Waals surface area contributed by atoms with Crippen molar-refractivity contribution in [1.82, 2.24) is 0 Å². The molecule has 0 radical (unpaired) electrons. The lowest BCUT2D eigenvalue weighted by Gasteiger charge is -2.13. The van der Waals surface area contributed by atoms with E-state index in [1.807, 2.05) is 30.3 Å². The van der Waals surface area contributed by atoms with E-state index in [0.717, 1.165) is 39.6 Å². The first-order chi connectivity index (χ1) is 10.2. The van der Waals surface area contributed by atoms with Gasteiger partial charge in [0.05, 0.1) is 6.61 Å². The Hall–Kier alpha value is -0.900. The van der Waals surface area contributed by atoms with E-state index in [1.165, 1.54) is 0 Å². The third kappa shape index (κ3) is 3.31. The lowest BCUT2D eigenvalue weighted by Crippen LogP contribution is -2.00. The van der Waals surface area contributed by atoms with Crippen LogP contribution in [-0.2, 0) is 18.4 Å². The molecule has 0 saturated heterocycles. The Balaban J connectivity index is 1.83. The molecule has 0 fully saturated rings. The summed E-state index contributed by atoms with van der Waals surface area (Å²) in [6.45, 7) is 1.13. The number of halogens is 3. The van der Waals surface area contributed by atoms with Crippen molar-refractivity contribution in [2.24, 2.45) is 0 Å². The molecule has 1 aliphatic rings. The maximum absolute atomic E-state index is 6.15. The Bertz CT molecular complexity index is 674. The van der Waals surface area contributed by atoms with Crippen LogP contribution in [0.25, 0.3) is 0 Å². The van der Waals surface area contributed by atoms with Crippen molar-refractivity contribution >= 4 is 39.1 Å². The first kappa shape index (κ1) is 15.0. The van der Waals surface area contributed by atoms with E-state index in [0.29, 0.717) is 23.6 Å². The minimum Gasteiger partial charge on any atom is -0.493 e. The highest BCUT2D eigenvalue weighted by molar-refractivity contribution is 9.08. The number of hydrogen-bond acceptors (Lipinski definition) is 2. The monoisotopic (exact) mass is 386 g/mol. The van der Waals surface area contributed by atoms with E-state index in [4.69, 9.17) is 32.7 Å². The summed E-state index contributed by atoms with van der Waals surface area (Å²) in [5.41, 5.74) is 3.14. The van der Waals surface area contributed by atoms with E-state index in [9.17, 15) is 0 Å². The summed E-state index contributed by atoms with van der Waals surface area (Å²) in [6.07, 6.45) is 0.899. The Morgan fingerprint density at radius 3 is 2.71 bits per heavy atom. The summed E-state index contributed by atoms with van der Waals surface area (Å²) in [5, 5.41) is 2.10. The van der Waals surface area contributed by atoms with Crippen LogP contribution in [0.2, 0.25) is 10.0 Å². The zero-order chi connectivity index (χ0) is 14.8. The zero-order valence-corrected chi connectivity index (χ0v) is 14.3. The molecular formula is C16H13BrCl2O2. The van der Waals surface area contributed by atoms with E-state index in [-0.39, 0.29) is 0 Å².